The largest absolute Gasteiger partial charge is 0.387 e. The number of hydrogen-bond acceptors (Lipinski definition) is 8. The quantitative estimate of drug-likeness (QED) is 0.251. The van der Waals surface area contributed by atoms with Gasteiger partial charge in [0, 0.05) is 6.20 Å². The fraction of sp³-hybridized carbons (Fsp3) is 0.600. The van der Waals surface area contributed by atoms with Crippen LogP contribution in [0.5, 0.6) is 0 Å². The lowest BCUT2D eigenvalue weighted by Gasteiger charge is -2.18. The van der Waals surface area contributed by atoms with E-state index in [1.165, 1.54) is 0 Å². The van der Waals surface area contributed by atoms with Crippen LogP contribution < -0.4 is 11.2 Å². The van der Waals surface area contributed by atoms with E-state index < -0.39 is 63.5 Å². The molecule has 0 amide bonds. The van der Waals surface area contributed by atoms with Crippen molar-refractivity contribution in [2.24, 2.45) is 0 Å². The van der Waals surface area contributed by atoms with Gasteiger partial charge in [-0.3, -0.25) is 23.5 Å². The zero-order valence-corrected chi connectivity index (χ0v) is 16.1. The Labute approximate surface area is 153 Å². The Balaban J connectivity index is 2.14. The molecular formula is C10H15BrN2O11P2. The van der Waals surface area contributed by atoms with Crippen LogP contribution in [-0.4, -0.2) is 65.3 Å². The molecule has 13 nitrogen and oxygen atoms in total. The highest BCUT2D eigenvalue weighted by atomic mass is 79.9. The van der Waals surface area contributed by atoms with Crippen molar-refractivity contribution in [3.63, 3.8) is 0 Å². The Morgan fingerprint density at radius 2 is 1.85 bits per heavy atom. The first-order valence-electron chi connectivity index (χ1n) is 6.84. The number of nitrogens with zero attached hydrogens (tertiary/aromatic N) is 1. The topological polar surface area (TPSA) is 209 Å². The van der Waals surface area contributed by atoms with Gasteiger partial charge in [0.1, 0.15) is 18.3 Å². The van der Waals surface area contributed by atoms with Crippen molar-refractivity contribution in [3.8, 4) is 0 Å². The van der Waals surface area contributed by atoms with Gasteiger partial charge in [0.15, 0.2) is 12.1 Å². The van der Waals surface area contributed by atoms with Gasteiger partial charge in [-0.05, 0) is 15.9 Å². The Morgan fingerprint density at radius 1 is 1.23 bits per heavy atom. The van der Waals surface area contributed by atoms with Gasteiger partial charge in [-0.2, -0.15) is 0 Å². The minimum Gasteiger partial charge on any atom is -0.387 e. The second-order valence-corrected chi connectivity index (χ2v) is 10.3. The van der Waals surface area contributed by atoms with Gasteiger partial charge >= 0.3 is 20.9 Å². The number of aromatic nitrogens is 2. The summed E-state index contributed by atoms with van der Waals surface area (Å²) in [7, 11) is -9.52. The fourth-order valence-corrected chi connectivity index (χ4v) is 5.10. The van der Waals surface area contributed by atoms with E-state index in [0.29, 0.717) is 0 Å². The molecule has 0 spiro atoms. The van der Waals surface area contributed by atoms with Crippen LogP contribution in [0.15, 0.2) is 20.3 Å². The molecule has 1 fully saturated rings. The van der Waals surface area contributed by atoms with Crippen LogP contribution in [0.4, 0.5) is 0 Å². The van der Waals surface area contributed by atoms with E-state index in [4.69, 9.17) is 14.5 Å². The smallest absolute Gasteiger partial charge is 0.340 e. The summed E-state index contributed by atoms with van der Waals surface area (Å²) < 4.78 is 32.9. The molecule has 0 saturated carbocycles. The molecular weight excluding hydrogens is 466 g/mol. The minimum absolute atomic E-state index is 0.0522. The van der Waals surface area contributed by atoms with Crippen molar-refractivity contribution in [2.45, 2.75) is 24.5 Å². The maximum atomic E-state index is 11.8. The minimum atomic E-state index is -4.83. The average molecular weight is 481 g/mol. The van der Waals surface area contributed by atoms with Crippen LogP contribution in [0.25, 0.3) is 0 Å². The summed E-state index contributed by atoms with van der Waals surface area (Å²) in [6.45, 7) is -0.790. The molecule has 2 rings (SSSR count). The number of nitrogens with one attached hydrogen (secondary N) is 1. The van der Waals surface area contributed by atoms with Crippen LogP contribution >= 0.6 is 31.1 Å². The Morgan fingerprint density at radius 3 is 2.42 bits per heavy atom. The highest BCUT2D eigenvalue weighted by molar-refractivity contribution is 9.10. The molecule has 2 heterocycles. The SMILES string of the molecule is O=c1[nH]c(=O)n([C@@H]2O[C@H](COP(=O)(O)CP(=O)(O)O)[C@@H](O)[C@H]2O)cc1Br. The number of ether oxygens (including phenoxy) is 1. The molecule has 6 N–H and O–H groups in total. The number of halogens is 1. The van der Waals surface area contributed by atoms with E-state index in [-0.39, 0.29) is 4.47 Å². The molecule has 26 heavy (non-hydrogen) atoms. The van der Waals surface area contributed by atoms with Gasteiger partial charge in [0.2, 0.25) is 0 Å². The van der Waals surface area contributed by atoms with E-state index in [1.54, 1.807) is 0 Å². The summed E-state index contributed by atoms with van der Waals surface area (Å²) in [5.41, 5.74) is -1.66. The molecule has 1 aromatic heterocycles. The van der Waals surface area contributed by atoms with Gasteiger partial charge in [-0.25, -0.2) is 4.79 Å². The summed E-state index contributed by atoms with van der Waals surface area (Å²) in [5, 5.41) is 20.0. The third-order valence-corrected chi connectivity index (χ3v) is 7.36. The van der Waals surface area contributed by atoms with Crippen molar-refractivity contribution in [1.29, 1.82) is 0 Å². The lowest BCUT2D eigenvalue weighted by molar-refractivity contribution is -0.0525. The second-order valence-electron chi connectivity index (χ2n) is 5.43. The third-order valence-electron chi connectivity index (χ3n) is 3.34. The average Bonchev–Trinajstić information content (AvgIpc) is 2.75. The molecule has 1 aromatic rings. The number of aliphatic hydroxyl groups excluding tert-OH is 2. The van der Waals surface area contributed by atoms with Crippen molar-refractivity contribution >= 4 is 31.1 Å². The van der Waals surface area contributed by atoms with Gasteiger partial charge in [0.25, 0.3) is 5.56 Å². The summed E-state index contributed by atoms with van der Waals surface area (Å²) in [6, 6.07) is 0. The van der Waals surface area contributed by atoms with E-state index in [2.05, 4.69) is 20.5 Å². The van der Waals surface area contributed by atoms with E-state index >= 15 is 0 Å². The summed E-state index contributed by atoms with van der Waals surface area (Å²) in [4.78, 5) is 51.9. The summed E-state index contributed by atoms with van der Waals surface area (Å²) >= 11 is 2.89. The van der Waals surface area contributed by atoms with Gasteiger partial charge in [0.05, 0.1) is 11.1 Å². The molecule has 148 valence electrons. The summed E-state index contributed by atoms with van der Waals surface area (Å²) in [5.74, 6) is -1.43. The van der Waals surface area contributed by atoms with E-state index in [9.17, 15) is 33.8 Å². The van der Waals surface area contributed by atoms with Crippen LogP contribution in [-0.2, 0) is 18.4 Å². The molecule has 1 saturated heterocycles. The van der Waals surface area contributed by atoms with Gasteiger partial charge in [-0.15, -0.1) is 0 Å². The predicted molar refractivity (Wildman–Crippen MR) is 87.6 cm³/mol. The number of aromatic amines is 1. The molecule has 0 bridgehead atoms. The normalized spacial score (nSPS) is 28.8. The zero-order chi connectivity index (χ0) is 19.9. The zero-order valence-electron chi connectivity index (χ0n) is 12.7. The molecule has 1 unspecified atom stereocenters. The first-order chi connectivity index (χ1) is 11.8. The predicted octanol–water partition coefficient (Wildman–Crippen LogP) is -1.74. The maximum absolute atomic E-state index is 11.8. The van der Waals surface area contributed by atoms with Crippen LogP contribution in [0.3, 0.4) is 0 Å². The highest BCUT2D eigenvalue weighted by Gasteiger charge is 2.45. The Bertz CT molecular complexity index is 878. The summed E-state index contributed by atoms with van der Waals surface area (Å²) in [6.07, 6.45) is -5.11. The lowest BCUT2D eigenvalue weighted by atomic mass is 10.1. The van der Waals surface area contributed by atoms with Crippen molar-refractivity contribution < 1.29 is 43.3 Å². The van der Waals surface area contributed by atoms with Crippen LogP contribution in [0.1, 0.15) is 6.23 Å². The Kier molecular flexibility index (Phi) is 6.46. The number of aliphatic hydroxyl groups is 2. The monoisotopic (exact) mass is 480 g/mol. The van der Waals surface area contributed by atoms with Crippen molar-refractivity contribution in [2.75, 3.05) is 12.5 Å². The van der Waals surface area contributed by atoms with Crippen molar-refractivity contribution in [3.05, 3.63) is 31.5 Å². The number of H-pyrrole nitrogens is 1. The van der Waals surface area contributed by atoms with E-state index in [0.717, 1.165) is 10.8 Å². The third kappa shape index (κ3) is 5.20. The molecule has 1 aliphatic rings. The molecule has 5 atom stereocenters. The molecule has 16 heteroatoms. The first-order valence-corrected chi connectivity index (χ1v) is 11.2. The number of hydrogen-bond donors (Lipinski definition) is 6. The maximum Gasteiger partial charge on any atom is 0.340 e. The van der Waals surface area contributed by atoms with Gasteiger partial charge in [-0.1, -0.05) is 0 Å². The lowest BCUT2D eigenvalue weighted by Crippen LogP contribution is -2.38. The second kappa shape index (κ2) is 7.76. The van der Waals surface area contributed by atoms with Crippen molar-refractivity contribution in [1.82, 2.24) is 9.55 Å². The van der Waals surface area contributed by atoms with E-state index in [1.807, 2.05) is 4.98 Å². The van der Waals surface area contributed by atoms with Crippen LogP contribution in [0, 0.1) is 0 Å². The first kappa shape index (κ1) is 21.6. The highest BCUT2D eigenvalue weighted by Crippen LogP contribution is 2.55. The molecule has 0 radical (unpaired) electrons. The van der Waals surface area contributed by atoms with Gasteiger partial charge < -0.3 is 34.2 Å². The number of rotatable bonds is 6. The Hall–Kier alpha value is -0.660. The standard InChI is InChI=1S/C10H15BrN2O11P2/c11-4-1-13(10(17)12-8(4)16)9-7(15)6(14)5(24-9)2-23-26(21,22)3-25(18,19)20/h1,5-7,9,14-15H,2-3H2,(H,21,22)(H,12,16,17)(H2,18,19,20)/t5-,6-,7-,9-/m1/s1. The molecule has 0 aromatic carbocycles. The van der Waals surface area contributed by atoms with Crippen LogP contribution in [0.2, 0.25) is 0 Å². The molecule has 0 aliphatic carbocycles. The fourth-order valence-electron chi connectivity index (χ4n) is 2.21. The molecule has 1 aliphatic heterocycles.